The van der Waals surface area contributed by atoms with Gasteiger partial charge in [-0.25, -0.2) is 4.79 Å². The molecule has 3 fully saturated rings. The summed E-state index contributed by atoms with van der Waals surface area (Å²) in [5, 5.41) is 30.7. The average molecular weight is 362 g/mol. The van der Waals surface area contributed by atoms with Crippen LogP contribution in [0.25, 0.3) is 0 Å². The second-order valence-electron chi connectivity index (χ2n) is 9.63. The van der Waals surface area contributed by atoms with E-state index in [1.54, 1.807) is 0 Å². The number of hydrogen-bond acceptors (Lipinski definition) is 4. The average Bonchev–Trinajstić information content (AvgIpc) is 2.90. The predicted octanol–water partition coefficient (Wildman–Crippen LogP) is 2.55. The second-order valence-corrected chi connectivity index (χ2v) is 9.63. The molecule has 8 atom stereocenters. The van der Waals surface area contributed by atoms with Crippen molar-refractivity contribution in [1.82, 2.24) is 0 Å². The third-order valence-electron chi connectivity index (χ3n) is 8.60. The van der Waals surface area contributed by atoms with Crippen LogP contribution in [0.1, 0.15) is 58.8 Å². The molecule has 26 heavy (non-hydrogen) atoms. The first-order valence-corrected chi connectivity index (χ1v) is 10.0. The van der Waals surface area contributed by atoms with Crippen molar-refractivity contribution >= 4 is 11.8 Å². The summed E-state index contributed by atoms with van der Waals surface area (Å²) in [7, 11) is 0. The summed E-state index contributed by atoms with van der Waals surface area (Å²) in [6.45, 7) is 4.30. The highest BCUT2D eigenvalue weighted by Gasteiger charge is 2.63. The minimum absolute atomic E-state index is 0.124. The molecule has 4 rings (SSSR count). The Bertz CT molecular complexity index is 669. The molecule has 144 valence electrons. The minimum Gasteiger partial charge on any atom is -0.479 e. The van der Waals surface area contributed by atoms with Crippen molar-refractivity contribution in [2.75, 3.05) is 0 Å². The van der Waals surface area contributed by atoms with E-state index in [2.05, 4.69) is 13.8 Å². The Morgan fingerprint density at radius 1 is 1.23 bits per heavy atom. The van der Waals surface area contributed by atoms with Gasteiger partial charge in [0, 0.05) is 12.3 Å². The first-order valence-electron chi connectivity index (χ1n) is 10.0. The molecular formula is C21H30O5. The Kier molecular flexibility index (Phi) is 4.12. The van der Waals surface area contributed by atoms with Crippen molar-refractivity contribution in [1.29, 1.82) is 0 Å². The van der Waals surface area contributed by atoms with Crippen LogP contribution in [0, 0.1) is 34.5 Å². The molecule has 0 heterocycles. The van der Waals surface area contributed by atoms with E-state index in [1.165, 1.54) is 5.57 Å². The number of carbonyl (C=O) groups is 2. The third kappa shape index (κ3) is 2.36. The lowest BCUT2D eigenvalue weighted by Gasteiger charge is -2.60. The molecule has 4 aliphatic carbocycles. The molecule has 0 spiro atoms. The molecule has 5 heteroatoms. The highest BCUT2D eigenvalue weighted by molar-refractivity contribution is 5.91. The summed E-state index contributed by atoms with van der Waals surface area (Å²) in [6.07, 6.45) is 5.35. The molecule has 0 aliphatic heterocycles. The Hall–Kier alpha value is -1.20. The van der Waals surface area contributed by atoms with Gasteiger partial charge in [0.15, 0.2) is 11.9 Å². The van der Waals surface area contributed by atoms with Gasteiger partial charge in [-0.05, 0) is 73.2 Å². The number of carbonyl (C=O) groups excluding carboxylic acids is 1. The Morgan fingerprint density at radius 3 is 2.65 bits per heavy atom. The van der Waals surface area contributed by atoms with Gasteiger partial charge in [0.05, 0.1) is 6.10 Å². The molecule has 0 amide bonds. The first-order chi connectivity index (χ1) is 12.2. The van der Waals surface area contributed by atoms with Gasteiger partial charge in [-0.3, -0.25) is 4.79 Å². The van der Waals surface area contributed by atoms with Crippen molar-refractivity contribution in [3.8, 4) is 0 Å². The summed E-state index contributed by atoms with van der Waals surface area (Å²) in [5.74, 6) is -0.430. The quantitative estimate of drug-likeness (QED) is 0.702. The zero-order valence-corrected chi connectivity index (χ0v) is 15.6. The normalized spacial score (nSPS) is 48.8. The monoisotopic (exact) mass is 362 g/mol. The molecule has 0 saturated heterocycles. The van der Waals surface area contributed by atoms with Crippen LogP contribution < -0.4 is 0 Å². The van der Waals surface area contributed by atoms with Crippen LogP contribution in [-0.4, -0.2) is 39.3 Å². The number of rotatable bonds is 2. The van der Waals surface area contributed by atoms with Crippen LogP contribution in [0.5, 0.6) is 0 Å². The number of allylic oxidation sites excluding steroid dienone is 1. The highest BCUT2D eigenvalue weighted by atomic mass is 16.4. The molecule has 4 aliphatic rings. The largest absolute Gasteiger partial charge is 0.479 e. The SMILES string of the molecule is C[C@]12C[C@H](O)C3[C@@H](CCC4=CC(=O)CC[C@@]43C)[C@@H]1CC[C@@H]2[C@H](O)C(=O)O. The van der Waals surface area contributed by atoms with E-state index in [0.717, 1.165) is 25.7 Å². The molecule has 5 nitrogen and oxygen atoms in total. The molecule has 0 aromatic heterocycles. The van der Waals surface area contributed by atoms with Gasteiger partial charge in [-0.15, -0.1) is 0 Å². The van der Waals surface area contributed by atoms with E-state index in [0.29, 0.717) is 31.1 Å². The van der Waals surface area contributed by atoms with E-state index in [9.17, 15) is 24.9 Å². The summed E-state index contributed by atoms with van der Waals surface area (Å²) in [6, 6.07) is 0. The van der Waals surface area contributed by atoms with Gasteiger partial charge >= 0.3 is 5.97 Å². The van der Waals surface area contributed by atoms with Crippen LogP contribution in [0.4, 0.5) is 0 Å². The molecule has 3 N–H and O–H groups in total. The molecule has 0 radical (unpaired) electrons. The summed E-state index contributed by atoms with van der Waals surface area (Å²) in [5.41, 5.74) is 0.749. The standard InChI is InChI=1S/C21H30O5/c1-20-8-7-12(22)9-11(20)3-4-13-14-5-6-15(18(24)19(25)26)21(14,2)10-16(23)17(13)20/h9,13-18,23-24H,3-8,10H2,1-2H3,(H,25,26)/t13-,14-,15+,16-,17?,18-,20-,21-/m0/s1. The molecular weight excluding hydrogens is 332 g/mol. The number of aliphatic carboxylic acids is 1. The maximum atomic E-state index is 11.9. The van der Waals surface area contributed by atoms with E-state index >= 15 is 0 Å². The summed E-state index contributed by atoms with van der Waals surface area (Å²) >= 11 is 0. The van der Waals surface area contributed by atoms with Crippen molar-refractivity contribution in [2.45, 2.75) is 71.0 Å². The number of carboxylic acids is 1. The molecule has 0 aromatic rings. The smallest absolute Gasteiger partial charge is 0.332 e. The fraction of sp³-hybridized carbons (Fsp3) is 0.810. The fourth-order valence-corrected chi connectivity index (χ4v) is 7.42. The van der Waals surface area contributed by atoms with E-state index in [1.807, 2.05) is 6.08 Å². The number of hydrogen-bond donors (Lipinski definition) is 3. The summed E-state index contributed by atoms with van der Waals surface area (Å²) < 4.78 is 0. The highest BCUT2D eigenvalue weighted by Crippen LogP contribution is 2.66. The zero-order chi connectivity index (χ0) is 18.9. The van der Waals surface area contributed by atoms with Crippen LogP contribution in [0.3, 0.4) is 0 Å². The summed E-state index contributed by atoms with van der Waals surface area (Å²) in [4.78, 5) is 23.3. The van der Waals surface area contributed by atoms with Crippen LogP contribution in [0.15, 0.2) is 11.6 Å². The van der Waals surface area contributed by atoms with Gasteiger partial charge in [-0.2, -0.15) is 0 Å². The van der Waals surface area contributed by atoms with Crippen molar-refractivity contribution < 1.29 is 24.9 Å². The number of aliphatic hydroxyl groups excluding tert-OH is 2. The van der Waals surface area contributed by atoms with Gasteiger partial charge in [0.2, 0.25) is 0 Å². The Morgan fingerprint density at radius 2 is 1.96 bits per heavy atom. The molecule has 1 unspecified atom stereocenters. The lowest BCUT2D eigenvalue weighted by Crippen LogP contribution is -2.57. The van der Waals surface area contributed by atoms with Gasteiger partial charge < -0.3 is 15.3 Å². The van der Waals surface area contributed by atoms with Crippen LogP contribution in [-0.2, 0) is 9.59 Å². The van der Waals surface area contributed by atoms with E-state index in [4.69, 9.17) is 0 Å². The zero-order valence-electron chi connectivity index (χ0n) is 15.6. The van der Waals surface area contributed by atoms with Crippen LogP contribution in [0.2, 0.25) is 0 Å². The lowest BCUT2D eigenvalue weighted by atomic mass is 9.46. The number of carboxylic acid groups (broad SMARTS) is 1. The van der Waals surface area contributed by atoms with Crippen molar-refractivity contribution in [3.63, 3.8) is 0 Å². The number of fused-ring (bicyclic) bond motifs is 5. The minimum atomic E-state index is -1.35. The van der Waals surface area contributed by atoms with E-state index in [-0.39, 0.29) is 28.4 Å². The van der Waals surface area contributed by atoms with E-state index < -0.39 is 18.2 Å². The van der Waals surface area contributed by atoms with Crippen molar-refractivity contribution in [3.05, 3.63) is 11.6 Å². The van der Waals surface area contributed by atoms with Gasteiger partial charge in [-0.1, -0.05) is 19.4 Å². The van der Waals surface area contributed by atoms with Crippen molar-refractivity contribution in [2.24, 2.45) is 34.5 Å². The van der Waals surface area contributed by atoms with Crippen LogP contribution >= 0.6 is 0 Å². The number of aliphatic hydroxyl groups is 2. The third-order valence-corrected chi connectivity index (χ3v) is 8.60. The maximum absolute atomic E-state index is 11.9. The van der Waals surface area contributed by atoms with Gasteiger partial charge in [0.1, 0.15) is 0 Å². The number of ketones is 1. The lowest BCUT2D eigenvalue weighted by molar-refractivity contribution is -0.162. The predicted molar refractivity (Wildman–Crippen MR) is 95.2 cm³/mol. The molecule has 0 aromatic carbocycles. The fourth-order valence-electron chi connectivity index (χ4n) is 7.42. The second kappa shape index (κ2) is 5.90. The topological polar surface area (TPSA) is 94.8 Å². The van der Waals surface area contributed by atoms with Gasteiger partial charge in [0.25, 0.3) is 0 Å². The maximum Gasteiger partial charge on any atom is 0.332 e. The Labute approximate surface area is 154 Å². The molecule has 0 bridgehead atoms. The first kappa shape index (κ1) is 18.2. The Balaban J connectivity index is 1.69. The molecule has 3 saturated carbocycles.